The first-order chi connectivity index (χ1) is 18.8. The summed E-state index contributed by atoms with van der Waals surface area (Å²) in [4.78, 5) is 12.7. The molecule has 9 heteroatoms. The molecule has 0 unspecified atom stereocenters. The van der Waals surface area contributed by atoms with Gasteiger partial charge in [0, 0.05) is 12.1 Å². The van der Waals surface area contributed by atoms with Crippen molar-refractivity contribution in [3.8, 4) is 23.0 Å². The van der Waals surface area contributed by atoms with Gasteiger partial charge in [-0.1, -0.05) is 48.5 Å². The van der Waals surface area contributed by atoms with Crippen LogP contribution in [0.25, 0.3) is 0 Å². The Kier molecular flexibility index (Phi) is 8.73. The second-order valence-corrected chi connectivity index (χ2v) is 10.6. The molecule has 0 fully saturated rings. The molecule has 1 amide bonds. The molecule has 0 radical (unpaired) electrons. The summed E-state index contributed by atoms with van der Waals surface area (Å²) in [6.45, 7) is 0.378. The van der Waals surface area contributed by atoms with Gasteiger partial charge in [0.15, 0.2) is 17.2 Å². The van der Waals surface area contributed by atoms with Crippen molar-refractivity contribution in [3.05, 3.63) is 114 Å². The molecule has 8 nitrogen and oxygen atoms in total. The summed E-state index contributed by atoms with van der Waals surface area (Å²) >= 11 is 0. The summed E-state index contributed by atoms with van der Waals surface area (Å²) in [6, 6.07) is 28.4. The van der Waals surface area contributed by atoms with Crippen molar-refractivity contribution >= 4 is 21.6 Å². The molecule has 0 aliphatic heterocycles. The Morgan fingerprint density at radius 3 is 2.08 bits per heavy atom. The van der Waals surface area contributed by atoms with Crippen LogP contribution in [0, 0.1) is 0 Å². The Morgan fingerprint density at radius 2 is 1.41 bits per heavy atom. The molecule has 4 aromatic carbocycles. The zero-order chi connectivity index (χ0) is 27.8. The number of carbonyl (C=O) groups excluding carboxylic acids is 1. The molecule has 0 saturated carbocycles. The van der Waals surface area contributed by atoms with Crippen LogP contribution in [0.5, 0.6) is 23.0 Å². The minimum atomic E-state index is -3.65. The first-order valence-electron chi connectivity index (χ1n) is 12.2. The normalized spacial score (nSPS) is 10.9. The Morgan fingerprint density at radius 1 is 0.769 bits per heavy atom. The van der Waals surface area contributed by atoms with Crippen molar-refractivity contribution in [2.75, 3.05) is 24.8 Å². The first-order valence-corrected chi connectivity index (χ1v) is 14.0. The fourth-order valence-corrected chi connectivity index (χ4v) is 4.84. The lowest BCUT2D eigenvalue weighted by Gasteiger charge is -2.25. The van der Waals surface area contributed by atoms with Crippen LogP contribution < -0.4 is 23.8 Å². The van der Waals surface area contributed by atoms with Gasteiger partial charge in [0.1, 0.15) is 5.75 Å². The highest BCUT2D eigenvalue weighted by atomic mass is 32.2. The standard InChI is InChI=1S/C30H30N2O6S/c1-36-28-18-15-23(19-29(28)37-2)20-31-30(33)24-16-13-22(14-17-24)21-32(39(3,34)35)26-11-7-8-12-27(26)38-25-9-5-4-6-10-25/h4-19H,20-21H2,1-3H3,(H,31,33). The molecule has 0 atom stereocenters. The maximum atomic E-state index is 12.8. The SMILES string of the molecule is COc1ccc(CNC(=O)c2ccc(CN(c3ccccc3Oc3ccccc3)S(C)(=O)=O)cc2)cc1OC. The number of amides is 1. The smallest absolute Gasteiger partial charge is 0.251 e. The van der Waals surface area contributed by atoms with Crippen molar-refractivity contribution in [3.63, 3.8) is 0 Å². The number of para-hydroxylation sites is 3. The van der Waals surface area contributed by atoms with Crippen molar-refractivity contribution in [2.45, 2.75) is 13.1 Å². The van der Waals surface area contributed by atoms with E-state index < -0.39 is 10.0 Å². The van der Waals surface area contributed by atoms with Crippen molar-refractivity contribution < 1.29 is 27.4 Å². The van der Waals surface area contributed by atoms with Crippen LogP contribution in [0.1, 0.15) is 21.5 Å². The van der Waals surface area contributed by atoms with Crippen LogP contribution in [-0.2, 0) is 23.1 Å². The third-order valence-electron chi connectivity index (χ3n) is 5.95. The number of hydrogen-bond donors (Lipinski definition) is 1. The molecule has 0 spiro atoms. The highest BCUT2D eigenvalue weighted by Gasteiger charge is 2.22. The molecule has 0 heterocycles. The zero-order valence-corrected chi connectivity index (χ0v) is 22.8. The number of anilines is 1. The van der Waals surface area contributed by atoms with E-state index in [4.69, 9.17) is 14.2 Å². The Hall–Kier alpha value is -4.50. The predicted molar refractivity (Wildman–Crippen MR) is 151 cm³/mol. The van der Waals surface area contributed by atoms with E-state index in [0.717, 1.165) is 11.8 Å². The number of rotatable bonds is 11. The van der Waals surface area contributed by atoms with Gasteiger partial charge >= 0.3 is 0 Å². The fraction of sp³-hybridized carbons (Fsp3) is 0.167. The van der Waals surface area contributed by atoms with Gasteiger partial charge in [-0.2, -0.15) is 0 Å². The van der Waals surface area contributed by atoms with Gasteiger partial charge in [0.25, 0.3) is 5.91 Å². The van der Waals surface area contributed by atoms with Gasteiger partial charge in [-0.25, -0.2) is 8.42 Å². The number of ether oxygens (including phenoxy) is 3. The van der Waals surface area contributed by atoms with Gasteiger partial charge in [-0.3, -0.25) is 9.10 Å². The third-order valence-corrected chi connectivity index (χ3v) is 7.08. The predicted octanol–water partition coefficient (Wildman–Crippen LogP) is 5.39. The second-order valence-electron chi connectivity index (χ2n) is 8.72. The van der Waals surface area contributed by atoms with Gasteiger partial charge < -0.3 is 19.5 Å². The van der Waals surface area contributed by atoms with Crippen LogP contribution in [-0.4, -0.2) is 34.8 Å². The number of benzene rings is 4. The molecular formula is C30H30N2O6S. The molecule has 39 heavy (non-hydrogen) atoms. The van der Waals surface area contributed by atoms with E-state index in [1.54, 1.807) is 87.0 Å². The number of sulfonamides is 1. The van der Waals surface area contributed by atoms with Crippen molar-refractivity contribution in [2.24, 2.45) is 0 Å². The molecule has 4 rings (SSSR count). The number of hydrogen-bond acceptors (Lipinski definition) is 6. The Balaban J connectivity index is 1.47. The molecule has 0 aliphatic rings. The maximum Gasteiger partial charge on any atom is 0.251 e. The summed E-state index contributed by atoms with van der Waals surface area (Å²) < 4.78 is 43.5. The van der Waals surface area contributed by atoms with Gasteiger partial charge in [-0.05, 0) is 59.7 Å². The quantitative estimate of drug-likeness (QED) is 0.271. The van der Waals surface area contributed by atoms with E-state index in [0.29, 0.717) is 46.4 Å². The zero-order valence-electron chi connectivity index (χ0n) is 22.0. The molecule has 1 N–H and O–H groups in total. The second kappa shape index (κ2) is 12.4. The monoisotopic (exact) mass is 546 g/mol. The average molecular weight is 547 g/mol. The molecule has 0 bridgehead atoms. The summed E-state index contributed by atoms with van der Waals surface area (Å²) in [6.07, 6.45) is 1.16. The topological polar surface area (TPSA) is 94.2 Å². The van der Waals surface area contributed by atoms with E-state index in [2.05, 4.69) is 5.32 Å². The summed E-state index contributed by atoms with van der Waals surface area (Å²) in [5.41, 5.74) is 2.45. The highest BCUT2D eigenvalue weighted by molar-refractivity contribution is 7.92. The van der Waals surface area contributed by atoms with Crippen molar-refractivity contribution in [1.29, 1.82) is 0 Å². The summed E-state index contributed by atoms with van der Waals surface area (Å²) in [5, 5.41) is 2.89. The van der Waals surface area contributed by atoms with E-state index in [9.17, 15) is 13.2 Å². The molecule has 0 aromatic heterocycles. The van der Waals surface area contributed by atoms with Gasteiger partial charge in [0.2, 0.25) is 10.0 Å². The van der Waals surface area contributed by atoms with Gasteiger partial charge in [0.05, 0.1) is 32.7 Å². The average Bonchev–Trinajstić information content (AvgIpc) is 2.95. The van der Waals surface area contributed by atoms with E-state index in [1.807, 2.05) is 24.3 Å². The molecule has 0 aliphatic carbocycles. The minimum absolute atomic E-state index is 0.0710. The number of methoxy groups -OCH3 is 2. The lowest BCUT2D eigenvalue weighted by molar-refractivity contribution is 0.0951. The van der Waals surface area contributed by atoms with Crippen molar-refractivity contribution in [1.82, 2.24) is 5.32 Å². The first kappa shape index (κ1) is 27.5. The number of carbonyl (C=O) groups is 1. The largest absolute Gasteiger partial charge is 0.493 e. The maximum absolute atomic E-state index is 12.8. The van der Waals surface area contributed by atoms with Crippen LogP contribution in [0.3, 0.4) is 0 Å². The molecular weight excluding hydrogens is 516 g/mol. The van der Waals surface area contributed by atoms with Crippen LogP contribution in [0.15, 0.2) is 97.1 Å². The summed E-state index contributed by atoms with van der Waals surface area (Å²) in [7, 11) is -0.531. The molecule has 202 valence electrons. The van der Waals surface area contributed by atoms with E-state index in [-0.39, 0.29) is 12.5 Å². The molecule has 0 saturated heterocycles. The Labute approximate surface area is 228 Å². The fourth-order valence-electron chi connectivity index (χ4n) is 3.95. The number of nitrogens with zero attached hydrogens (tertiary/aromatic N) is 1. The Bertz CT molecular complexity index is 1520. The van der Waals surface area contributed by atoms with Crippen LogP contribution in [0.4, 0.5) is 5.69 Å². The lowest BCUT2D eigenvalue weighted by Crippen LogP contribution is -2.29. The van der Waals surface area contributed by atoms with E-state index >= 15 is 0 Å². The molecule has 4 aromatic rings. The van der Waals surface area contributed by atoms with Crippen LogP contribution in [0.2, 0.25) is 0 Å². The summed E-state index contributed by atoms with van der Waals surface area (Å²) in [5.74, 6) is 1.96. The minimum Gasteiger partial charge on any atom is -0.493 e. The van der Waals surface area contributed by atoms with Gasteiger partial charge in [-0.15, -0.1) is 0 Å². The number of nitrogens with one attached hydrogen (secondary N) is 1. The van der Waals surface area contributed by atoms with E-state index in [1.165, 1.54) is 4.31 Å². The lowest BCUT2D eigenvalue weighted by atomic mass is 10.1. The highest BCUT2D eigenvalue weighted by Crippen LogP contribution is 2.34. The third kappa shape index (κ3) is 7.08. The van der Waals surface area contributed by atoms with Crippen LogP contribution >= 0.6 is 0 Å².